The first-order valence-corrected chi connectivity index (χ1v) is 22.2. The van der Waals surface area contributed by atoms with Gasteiger partial charge in [0.2, 0.25) is 0 Å². The standard InChI is InChI=1S/C60H40N4O/c1-60(2)51-28-10-9-21-45(51)49-34-50-46-25-12-22-42(54(46)61-53(50)35-52(49)60)36-29-31-37(32-30-36)43-23-13-26-47-48-27-14-24-44(56(48)65-55(43)47)40-19-11-20-41(33-40)59-63-57(38-15-5-3-6-16-38)62-58(64-59)39-17-7-4-8-18-39/h3-35,61H,1-2H3. The van der Waals surface area contributed by atoms with Crippen LogP contribution in [0.4, 0.5) is 0 Å². The second-order valence-electron chi connectivity index (χ2n) is 17.6. The van der Waals surface area contributed by atoms with Gasteiger partial charge >= 0.3 is 0 Å². The molecule has 9 aromatic carbocycles. The number of rotatable bonds is 6. The molecule has 0 unspecified atom stereocenters. The van der Waals surface area contributed by atoms with Crippen molar-refractivity contribution in [1.82, 2.24) is 19.9 Å². The van der Waals surface area contributed by atoms with Crippen LogP contribution in [0.5, 0.6) is 0 Å². The van der Waals surface area contributed by atoms with Crippen LogP contribution in [0.1, 0.15) is 25.0 Å². The quantitative estimate of drug-likeness (QED) is 0.181. The molecular formula is C60H40N4O. The van der Waals surface area contributed by atoms with Gasteiger partial charge in [0.05, 0.1) is 5.52 Å². The van der Waals surface area contributed by atoms with E-state index in [1.54, 1.807) is 0 Å². The highest BCUT2D eigenvalue weighted by Gasteiger charge is 2.35. The predicted molar refractivity (Wildman–Crippen MR) is 267 cm³/mol. The third kappa shape index (κ3) is 5.89. The van der Waals surface area contributed by atoms with Crippen molar-refractivity contribution in [3.05, 3.63) is 211 Å². The van der Waals surface area contributed by atoms with E-state index in [-0.39, 0.29) is 5.41 Å². The van der Waals surface area contributed by atoms with Crippen LogP contribution in [0.15, 0.2) is 205 Å². The average Bonchev–Trinajstić information content (AvgIpc) is 4.01. The summed E-state index contributed by atoms with van der Waals surface area (Å²) in [6, 6.07) is 70.6. The number of nitrogens with zero attached hydrogens (tertiary/aromatic N) is 3. The van der Waals surface area contributed by atoms with E-state index in [1.807, 2.05) is 60.7 Å². The lowest BCUT2D eigenvalue weighted by Gasteiger charge is -2.21. The first-order valence-electron chi connectivity index (χ1n) is 22.2. The van der Waals surface area contributed by atoms with E-state index in [2.05, 4.69) is 158 Å². The van der Waals surface area contributed by atoms with Gasteiger partial charge in [-0.2, -0.15) is 0 Å². The Kier molecular flexibility index (Phi) is 8.18. The second kappa shape index (κ2) is 14.3. The summed E-state index contributed by atoms with van der Waals surface area (Å²) < 4.78 is 6.95. The maximum atomic E-state index is 6.95. The van der Waals surface area contributed by atoms with Crippen LogP contribution < -0.4 is 0 Å². The van der Waals surface area contributed by atoms with E-state index in [9.17, 15) is 0 Å². The maximum Gasteiger partial charge on any atom is 0.164 e. The van der Waals surface area contributed by atoms with Gasteiger partial charge in [0.15, 0.2) is 17.5 Å². The fraction of sp³-hybridized carbons (Fsp3) is 0.0500. The van der Waals surface area contributed by atoms with E-state index in [4.69, 9.17) is 19.4 Å². The Hall–Kier alpha value is -8.41. The van der Waals surface area contributed by atoms with Crippen molar-refractivity contribution in [2.75, 3.05) is 0 Å². The summed E-state index contributed by atoms with van der Waals surface area (Å²) in [7, 11) is 0. The topological polar surface area (TPSA) is 67.6 Å². The molecule has 0 spiro atoms. The number of H-pyrrole nitrogens is 1. The Morgan fingerprint density at radius 2 is 0.846 bits per heavy atom. The Morgan fingerprint density at radius 3 is 1.51 bits per heavy atom. The number of fused-ring (bicyclic) bond motifs is 9. The monoisotopic (exact) mass is 832 g/mol. The molecule has 12 aromatic rings. The fourth-order valence-electron chi connectivity index (χ4n) is 10.2. The lowest BCUT2D eigenvalue weighted by atomic mass is 9.82. The Labute approximate surface area is 375 Å². The highest BCUT2D eigenvalue weighted by atomic mass is 16.3. The van der Waals surface area contributed by atoms with Gasteiger partial charge < -0.3 is 9.40 Å². The van der Waals surface area contributed by atoms with Gasteiger partial charge in [-0.1, -0.05) is 196 Å². The largest absolute Gasteiger partial charge is 0.455 e. The maximum absolute atomic E-state index is 6.95. The van der Waals surface area contributed by atoms with Crippen molar-refractivity contribution in [1.29, 1.82) is 0 Å². The molecule has 3 heterocycles. The molecule has 5 heteroatoms. The number of benzene rings is 9. The molecule has 1 aliphatic rings. The van der Waals surface area contributed by atoms with E-state index < -0.39 is 0 Å². The summed E-state index contributed by atoms with van der Waals surface area (Å²) in [6.07, 6.45) is 0. The van der Waals surface area contributed by atoms with Crippen LogP contribution in [0.25, 0.3) is 122 Å². The van der Waals surface area contributed by atoms with Crippen molar-refractivity contribution in [3.8, 4) is 78.7 Å². The first kappa shape index (κ1) is 37.2. The van der Waals surface area contributed by atoms with Crippen LogP contribution in [0.2, 0.25) is 0 Å². The summed E-state index contributed by atoms with van der Waals surface area (Å²) >= 11 is 0. The van der Waals surface area contributed by atoms with Crippen molar-refractivity contribution in [3.63, 3.8) is 0 Å². The molecule has 3 aromatic heterocycles. The minimum absolute atomic E-state index is 0.0528. The van der Waals surface area contributed by atoms with Crippen LogP contribution in [0, 0.1) is 0 Å². The van der Waals surface area contributed by atoms with Crippen LogP contribution >= 0.6 is 0 Å². The summed E-state index contributed by atoms with van der Waals surface area (Å²) in [4.78, 5) is 18.8. The number of para-hydroxylation sites is 3. The molecule has 306 valence electrons. The Balaban J connectivity index is 0.870. The Bertz CT molecular complexity index is 3790. The molecule has 1 N–H and O–H groups in total. The van der Waals surface area contributed by atoms with Crippen molar-refractivity contribution in [2.45, 2.75) is 19.3 Å². The number of aromatic nitrogens is 4. The Morgan fingerprint density at radius 1 is 0.354 bits per heavy atom. The lowest BCUT2D eigenvalue weighted by Crippen LogP contribution is -2.14. The number of aromatic amines is 1. The fourth-order valence-corrected chi connectivity index (χ4v) is 10.2. The lowest BCUT2D eigenvalue weighted by molar-refractivity contribution is 0.661. The van der Waals surface area contributed by atoms with Crippen molar-refractivity contribution in [2.24, 2.45) is 0 Å². The van der Waals surface area contributed by atoms with Crippen LogP contribution in [-0.2, 0) is 5.41 Å². The summed E-state index contributed by atoms with van der Waals surface area (Å²) in [5.74, 6) is 1.88. The summed E-state index contributed by atoms with van der Waals surface area (Å²) in [5, 5.41) is 4.65. The SMILES string of the molecule is CC1(C)c2ccccc2-c2cc3c(cc21)[nH]c1c(-c2ccc(-c4cccc5c4oc4c(-c6cccc(-c7nc(-c8ccccc8)nc(-c8ccccc8)n7)c6)cccc45)cc2)cccc13. The number of furan rings is 1. The van der Waals surface area contributed by atoms with E-state index in [1.165, 1.54) is 44.1 Å². The molecule has 0 amide bonds. The van der Waals surface area contributed by atoms with Gasteiger partial charge in [0, 0.05) is 65.9 Å². The number of nitrogens with one attached hydrogen (secondary N) is 1. The number of hydrogen-bond acceptors (Lipinski definition) is 4. The zero-order valence-corrected chi connectivity index (χ0v) is 35.8. The average molecular weight is 833 g/mol. The molecule has 0 fully saturated rings. The van der Waals surface area contributed by atoms with Gasteiger partial charge in [0.25, 0.3) is 0 Å². The number of hydrogen-bond donors (Lipinski definition) is 1. The highest BCUT2D eigenvalue weighted by molar-refractivity contribution is 6.15. The van der Waals surface area contributed by atoms with Gasteiger partial charge in [0.1, 0.15) is 11.2 Å². The van der Waals surface area contributed by atoms with Crippen LogP contribution in [-0.4, -0.2) is 19.9 Å². The van der Waals surface area contributed by atoms with Gasteiger partial charge in [-0.25, -0.2) is 15.0 Å². The molecule has 65 heavy (non-hydrogen) atoms. The molecule has 0 aliphatic heterocycles. The van der Waals surface area contributed by atoms with E-state index in [0.717, 1.165) is 72.0 Å². The van der Waals surface area contributed by atoms with Crippen molar-refractivity contribution < 1.29 is 4.42 Å². The molecule has 1 aliphatic carbocycles. The van der Waals surface area contributed by atoms with E-state index >= 15 is 0 Å². The second-order valence-corrected chi connectivity index (χ2v) is 17.6. The zero-order valence-electron chi connectivity index (χ0n) is 35.8. The molecule has 0 saturated carbocycles. The minimum Gasteiger partial charge on any atom is -0.455 e. The van der Waals surface area contributed by atoms with Gasteiger partial charge in [-0.15, -0.1) is 0 Å². The molecular weight excluding hydrogens is 793 g/mol. The highest BCUT2D eigenvalue weighted by Crippen LogP contribution is 2.51. The third-order valence-electron chi connectivity index (χ3n) is 13.5. The molecule has 0 atom stereocenters. The smallest absolute Gasteiger partial charge is 0.164 e. The van der Waals surface area contributed by atoms with Gasteiger partial charge in [-0.3, -0.25) is 0 Å². The first-order chi connectivity index (χ1) is 32.0. The predicted octanol–water partition coefficient (Wildman–Crippen LogP) is 15.7. The molecule has 0 saturated heterocycles. The minimum atomic E-state index is -0.0528. The summed E-state index contributed by atoms with van der Waals surface area (Å²) in [5.41, 5.74) is 18.7. The zero-order chi connectivity index (χ0) is 43.2. The van der Waals surface area contributed by atoms with Gasteiger partial charge in [-0.05, 0) is 57.1 Å². The third-order valence-corrected chi connectivity index (χ3v) is 13.5. The molecule has 5 nitrogen and oxygen atoms in total. The van der Waals surface area contributed by atoms with Crippen LogP contribution in [0.3, 0.4) is 0 Å². The van der Waals surface area contributed by atoms with Crippen molar-refractivity contribution >= 4 is 43.7 Å². The molecule has 0 radical (unpaired) electrons. The normalized spacial score (nSPS) is 12.9. The molecule has 0 bridgehead atoms. The molecule has 13 rings (SSSR count). The van der Waals surface area contributed by atoms with E-state index in [0.29, 0.717) is 17.5 Å². The summed E-state index contributed by atoms with van der Waals surface area (Å²) in [6.45, 7) is 4.68.